The summed E-state index contributed by atoms with van der Waals surface area (Å²) in [6.45, 7) is 0.694. The molecule has 0 spiro atoms. The molecule has 0 aliphatic rings. The number of aromatic nitrogens is 1. The summed E-state index contributed by atoms with van der Waals surface area (Å²) < 4.78 is 10.1. The highest BCUT2D eigenvalue weighted by atomic mass is 16.9. The Balaban J connectivity index is 2.08. The van der Waals surface area contributed by atoms with E-state index in [9.17, 15) is 19.7 Å². The van der Waals surface area contributed by atoms with Crippen LogP contribution in [0.5, 0.6) is 5.75 Å². The van der Waals surface area contributed by atoms with Crippen LogP contribution in [-0.4, -0.2) is 22.0 Å². The van der Waals surface area contributed by atoms with E-state index in [1.807, 2.05) is 0 Å². The highest BCUT2D eigenvalue weighted by Crippen LogP contribution is 2.20. The second-order valence-corrected chi connectivity index (χ2v) is 4.77. The van der Waals surface area contributed by atoms with Gasteiger partial charge in [-0.2, -0.15) is 0 Å². The van der Waals surface area contributed by atoms with Crippen molar-refractivity contribution in [2.24, 2.45) is 0 Å². The maximum atomic E-state index is 12.2. The maximum Gasteiger partial charge on any atom is 0.342 e. The van der Waals surface area contributed by atoms with Gasteiger partial charge in [-0.3, -0.25) is 9.78 Å². The summed E-state index contributed by atoms with van der Waals surface area (Å²) in [4.78, 5) is 41.9. The molecular weight excluding hydrogens is 332 g/mol. The van der Waals surface area contributed by atoms with E-state index < -0.39 is 17.0 Å². The van der Waals surface area contributed by atoms with Crippen LogP contribution in [0.1, 0.15) is 28.5 Å². The van der Waals surface area contributed by atoms with Crippen molar-refractivity contribution < 1.29 is 29.0 Å². The molecular formula is C16H14N2O7. The molecule has 25 heavy (non-hydrogen) atoms. The SMILES string of the molecule is CC(=O)Oc1ccccc1C(=O)OCc1ncccc1CO[N+](=O)[O-]. The van der Waals surface area contributed by atoms with Crippen LogP contribution in [0.4, 0.5) is 0 Å². The molecule has 0 aliphatic carbocycles. The Bertz CT molecular complexity index is 792. The molecule has 1 heterocycles. The number of carbonyl (C=O) groups is 2. The summed E-state index contributed by atoms with van der Waals surface area (Å²) in [6, 6.07) is 9.29. The van der Waals surface area contributed by atoms with Crippen LogP contribution in [0.15, 0.2) is 42.6 Å². The third-order valence-corrected chi connectivity index (χ3v) is 3.01. The van der Waals surface area contributed by atoms with E-state index in [-0.39, 0.29) is 24.5 Å². The summed E-state index contributed by atoms with van der Waals surface area (Å²) in [5.74, 6) is -1.20. The molecule has 9 heteroatoms. The van der Waals surface area contributed by atoms with Gasteiger partial charge in [0.05, 0.1) is 5.69 Å². The average Bonchev–Trinajstić information content (AvgIpc) is 2.58. The van der Waals surface area contributed by atoms with Gasteiger partial charge in [0.1, 0.15) is 24.5 Å². The highest BCUT2D eigenvalue weighted by molar-refractivity contribution is 5.93. The number of para-hydroxylation sites is 1. The van der Waals surface area contributed by atoms with E-state index in [0.29, 0.717) is 11.3 Å². The molecule has 9 nitrogen and oxygen atoms in total. The van der Waals surface area contributed by atoms with Crippen molar-refractivity contribution in [3.63, 3.8) is 0 Å². The molecule has 2 aromatic rings. The Morgan fingerprint density at radius 3 is 2.64 bits per heavy atom. The fourth-order valence-corrected chi connectivity index (χ4v) is 1.95. The largest absolute Gasteiger partial charge is 0.455 e. The third-order valence-electron chi connectivity index (χ3n) is 3.01. The number of benzene rings is 1. The molecule has 1 aromatic heterocycles. The van der Waals surface area contributed by atoms with E-state index in [4.69, 9.17) is 9.47 Å². The second-order valence-electron chi connectivity index (χ2n) is 4.77. The Hall–Kier alpha value is -3.49. The number of hydrogen-bond donors (Lipinski definition) is 0. The summed E-state index contributed by atoms with van der Waals surface area (Å²) in [7, 11) is 0. The van der Waals surface area contributed by atoms with Gasteiger partial charge in [0.25, 0.3) is 5.09 Å². The van der Waals surface area contributed by atoms with Gasteiger partial charge < -0.3 is 14.3 Å². The predicted octanol–water partition coefficient (Wildman–Crippen LogP) is 2.07. The molecule has 1 aromatic carbocycles. The van der Waals surface area contributed by atoms with E-state index in [0.717, 1.165) is 0 Å². The van der Waals surface area contributed by atoms with Crippen LogP contribution < -0.4 is 4.74 Å². The van der Waals surface area contributed by atoms with E-state index in [1.54, 1.807) is 24.3 Å². The van der Waals surface area contributed by atoms with Gasteiger partial charge in [0, 0.05) is 18.7 Å². The number of rotatable bonds is 7. The maximum absolute atomic E-state index is 12.2. The summed E-state index contributed by atoms with van der Waals surface area (Å²) in [5, 5.41) is 9.38. The molecule has 0 amide bonds. The zero-order valence-corrected chi connectivity index (χ0v) is 13.2. The number of ether oxygens (including phenoxy) is 2. The minimum atomic E-state index is -0.919. The quantitative estimate of drug-likeness (QED) is 0.323. The first-order chi connectivity index (χ1) is 12.0. The molecule has 0 fully saturated rings. The van der Waals surface area contributed by atoms with Crippen LogP contribution in [0.25, 0.3) is 0 Å². The van der Waals surface area contributed by atoms with Crippen molar-refractivity contribution in [2.45, 2.75) is 20.1 Å². The third kappa shape index (κ3) is 5.27. The molecule has 0 bridgehead atoms. The van der Waals surface area contributed by atoms with Gasteiger partial charge in [0.2, 0.25) is 0 Å². The lowest BCUT2D eigenvalue weighted by Gasteiger charge is -2.10. The van der Waals surface area contributed by atoms with Crippen molar-refractivity contribution in [1.29, 1.82) is 0 Å². The van der Waals surface area contributed by atoms with Crippen molar-refractivity contribution >= 4 is 11.9 Å². The minimum Gasteiger partial charge on any atom is -0.455 e. The topological polar surface area (TPSA) is 118 Å². The standard InChI is InChI=1S/C16H14N2O7/c1-11(19)25-15-7-3-2-6-13(15)16(20)23-10-14-12(5-4-8-17-14)9-24-18(21)22/h2-8H,9-10H2,1H3. The number of nitrogens with zero attached hydrogens (tertiary/aromatic N) is 2. The second kappa shape index (κ2) is 8.39. The molecule has 130 valence electrons. The van der Waals surface area contributed by atoms with Gasteiger partial charge in [-0.15, -0.1) is 10.1 Å². The Morgan fingerprint density at radius 2 is 1.92 bits per heavy atom. The first kappa shape index (κ1) is 17.9. The molecule has 0 saturated heterocycles. The smallest absolute Gasteiger partial charge is 0.342 e. The molecule has 0 atom stereocenters. The molecule has 2 rings (SSSR count). The summed E-state index contributed by atoms with van der Waals surface area (Å²) >= 11 is 0. The number of carbonyl (C=O) groups excluding carboxylic acids is 2. The van der Waals surface area contributed by atoms with Gasteiger partial charge in [-0.1, -0.05) is 18.2 Å². The Morgan fingerprint density at radius 1 is 1.16 bits per heavy atom. The van der Waals surface area contributed by atoms with Crippen LogP contribution in [-0.2, 0) is 27.6 Å². The van der Waals surface area contributed by atoms with Crippen LogP contribution >= 0.6 is 0 Å². The fourth-order valence-electron chi connectivity index (χ4n) is 1.95. The van der Waals surface area contributed by atoms with E-state index >= 15 is 0 Å². The summed E-state index contributed by atoms with van der Waals surface area (Å²) in [6.07, 6.45) is 1.46. The lowest BCUT2D eigenvalue weighted by atomic mass is 10.2. The van der Waals surface area contributed by atoms with Crippen LogP contribution in [0.3, 0.4) is 0 Å². The minimum absolute atomic E-state index is 0.0803. The number of esters is 2. The van der Waals surface area contributed by atoms with Crippen molar-refractivity contribution in [3.8, 4) is 5.75 Å². The zero-order valence-electron chi connectivity index (χ0n) is 13.2. The van der Waals surface area contributed by atoms with Crippen molar-refractivity contribution in [3.05, 3.63) is 69.5 Å². The highest BCUT2D eigenvalue weighted by Gasteiger charge is 2.16. The molecule has 0 radical (unpaired) electrons. The number of hydrogen-bond acceptors (Lipinski definition) is 8. The van der Waals surface area contributed by atoms with Crippen LogP contribution in [0, 0.1) is 10.1 Å². The monoisotopic (exact) mass is 346 g/mol. The number of pyridine rings is 1. The van der Waals surface area contributed by atoms with E-state index in [1.165, 1.54) is 25.3 Å². The lowest BCUT2D eigenvalue weighted by Crippen LogP contribution is -2.12. The fraction of sp³-hybridized carbons (Fsp3) is 0.188. The first-order valence-corrected chi connectivity index (χ1v) is 7.12. The van der Waals surface area contributed by atoms with Gasteiger partial charge in [-0.05, 0) is 18.2 Å². The van der Waals surface area contributed by atoms with Gasteiger partial charge in [0.15, 0.2) is 0 Å². The van der Waals surface area contributed by atoms with Crippen molar-refractivity contribution in [2.75, 3.05) is 0 Å². The molecule has 0 N–H and O–H groups in total. The summed E-state index contributed by atoms with van der Waals surface area (Å²) in [5.41, 5.74) is 0.819. The van der Waals surface area contributed by atoms with Crippen LogP contribution in [0.2, 0.25) is 0 Å². The molecule has 0 unspecified atom stereocenters. The van der Waals surface area contributed by atoms with Gasteiger partial charge in [-0.25, -0.2) is 4.79 Å². The normalized spacial score (nSPS) is 9.96. The van der Waals surface area contributed by atoms with Crippen molar-refractivity contribution in [1.82, 2.24) is 4.98 Å². The van der Waals surface area contributed by atoms with E-state index in [2.05, 4.69) is 9.82 Å². The Labute approximate surface area is 142 Å². The zero-order chi connectivity index (χ0) is 18.2. The Kier molecular flexibility index (Phi) is 5.99. The average molecular weight is 346 g/mol. The molecule has 0 aliphatic heterocycles. The predicted molar refractivity (Wildman–Crippen MR) is 82.9 cm³/mol. The van der Waals surface area contributed by atoms with Gasteiger partial charge >= 0.3 is 11.9 Å². The first-order valence-electron chi connectivity index (χ1n) is 7.12. The lowest BCUT2D eigenvalue weighted by molar-refractivity contribution is -0.763. The molecule has 0 saturated carbocycles.